The molecule has 1 fully saturated rings. The fraction of sp³-hybridized carbons (Fsp3) is 0.667. The first-order chi connectivity index (χ1) is 12.2. The van der Waals surface area contributed by atoms with Gasteiger partial charge in [-0.05, 0) is 18.9 Å². The summed E-state index contributed by atoms with van der Waals surface area (Å²) in [4.78, 5) is 38.3. The van der Waals surface area contributed by atoms with Crippen molar-refractivity contribution in [2.75, 3.05) is 26.8 Å². The van der Waals surface area contributed by atoms with E-state index in [0.717, 1.165) is 0 Å². The molecule has 2 heterocycles. The Hall–Kier alpha value is -2.22. The van der Waals surface area contributed by atoms with Gasteiger partial charge in [0.1, 0.15) is 5.69 Å². The molecule has 2 rings (SSSR count). The van der Waals surface area contributed by atoms with Crippen LogP contribution in [0.25, 0.3) is 0 Å². The van der Waals surface area contributed by atoms with Crippen molar-refractivity contribution < 1.29 is 14.3 Å². The van der Waals surface area contributed by atoms with Crippen LogP contribution in [0.4, 0.5) is 0 Å². The summed E-state index contributed by atoms with van der Waals surface area (Å²) in [7, 11) is 1.54. The predicted octanol–water partition coefficient (Wildman–Crippen LogP) is 0.657. The summed E-state index contributed by atoms with van der Waals surface area (Å²) in [6.07, 6.45) is 1.41. The lowest BCUT2D eigenvalue weighted by atomic mass is 9.93. The first-order valence-electron chi connectivity index (χ1n) is 8.89. The average molecular weight is 364 g/mol. The Morgan fingerprint density at radius 1 is 1.27 bits per heavy atom. The van der Waals surface area contributed by atoms with E-state index >= 15 is 0 Å². The van der Waals surface area contributed by atoms with Gasteiger partial charge in [0.25, 0.3) is 11.5 Å². The molecule has 2 amide bonds. The van der Waals surface area contributed by atoms with Crippen LogP contribution in [0.5, 0.6) is 0 Å². The van der Waals surface area contributed by atoms with Gasteiger partial charge < -0.3 is 15.0 Å². The summed E-state index contributed by atoms with van der Waals surface area (Å²) in [6, 6.07) is 2.76. The van der Waals surface area contributed by atoms with Crippen LogP contribution in [0.3, 0.4) is 0 Å². The van der Waals surface area contributed by atoms with Crippen LogP contribution in [0.2, 0.25) is 0 Å². The van der Waals surface area contributed by atoms with E-state index in [4.69, 9.17) is 4.74 Å². The fourth-order valence-corrected chi connectivity index (χ4v) is 2.87. The molecule has 0 aliphatic carbocycles. The minimum absolute atomic E-state index is 0.00679. The van der Waals surface area contributed by atoms with Crippen molar-refractivity contribution in [3.8, 4) is 0 Å². The number of methoxy groups -OCH3 is 1. The molecule has 8 heteroatoms. The minimum Gasteiger partial charge on any atom is -0.383 e. The Labute approximate surface area is 153 Å². The summed E-state index contributed by atoms with van der Waals surface area (Å²) in [5, 5.41) is 7.05. The molecule has 0 saturated carbocycles. The number of carbonyl (C=O) groups excluding carboxylic acids is 2. The number of nitrogens with zero attached hydrogens (tertiary/aromatic N) is 3. The lowest BCUT2D eigenvalue weighted by Gasteiger charge is -2.35. The van der Waals surface area contributed by atoms with Gasteiger partial charge in [0.2, 0.25) is 5.91 Å². The van der Waals surface area contributed by atoms with E-state index < -0.39 is 5.41 Å². The maximum Gasteiger partial charge on any atom is 0.271 e. The number of hydrogen-bond donors (Lipinski definition) is 1. The van der Waals surface area contributed by atoms with E-state index in [-0.39, 0.29) is 29.1 Å². The van der Waals surface area contributed by atoms with Crippen LogP contribution in [0.1, 0.15) is 44.1 Å². The molecule has 0 spiro atoms. The smallest absolute Gasteiger partial charge is 0.271 e. The second kappa shape index (κ2) is 8.44. The predicted molar refractivity (Wildman–Crippen MR) is 96.9 cm³/mol. The van der Waals surface area contributed by atoms with E-state index in [2.05, 4.69) is 10.4 Å². The van der Waals surface area contributed by atoms with E-state index in [1.54, 1.807) is 7.11 Å². The Morgan fingerprint density at radius 2 is 1.92 bits per heavy atom. The van der Waals surface area contributed by atoms with Crippen molar-refractivity contribution in [1.29, 1.82) is 0 Å². The number of hydrogen-bond acceptors (Lipinski definition) is 5. The summed E-state index contributed by atoms with van der Waals surface area (Å²) in [5.41, 5.74) is -0.461. The number of likely N-dealkylation sites (tertiary alicyclic amines) is 1. The molecule has 8 nitrogen and oxygen atoms in total. The molecule has 0 bridgehead atoms. The van der Waals surface area contributed by atoms with Crippen LogP contribution in [0.15, 0.2) is 16.9 Å². The van der Waals surface area contributed by atoms with Crippen molar-refractivity contribution in [2.24, 2.45) is 5.41 Å². The summed E-state index contributed by atoms with van der Waals surface area (Å²) in [5.74, 6) is -0.175. The van der Waals surface area contributed by atoms with Gasteiger partial charge >= 0.3 is 0 Å². The van der Waals surface area contributed by atoms with Crippen molar-refractivity contribution in [3.05, 3.63) is 28.2 Å². The maximum atomic E-state index is 12.4. The molecule has 26 heavy (non-hydrogen) atoms. The number of aromatic nitrogens is 2. The van der Waals surface area contributed by atoms with Crippen LogP contribution in [0, 0.1) is 5.41 Å². The molecule has 144 valence electrons. The quantitative estimate of drug-likeness (QED) is 0.828. The maximum absolute atomic E-state index is 12.4. The number of carbonyl (C=O) groups is 2. The first-order valence-corrected chi connectivity index (χ1v) is 8.89. The van der Waals surface area contributed by atoms with Gasteiger partial charge in [0.15, 0.2) is 0 Å². The zero-order chi connectivity index (χ0) is 19.3. The van der Waals surface area contributed by atoms with Gasteiger partial charge in [0, 0.05) is 37.7 Å². The fourth-order valence-electron chi connectivity index (χ4n) is 2.87. The third-order valence-corrected chi connectivity index (χ3v) is 4.37. The van der Waals surface area contributed by atoms with Crippen LogP contribution in [-0.2, 0) is 16.1 Å². The normalized spacial score (nSPS) is 15.8. The Balaban J connectivity index is 1.93. The molecule has 0 atom stereocenters. The highest BCUT2D eigenvalue weighted by atomic mass is 16.5. The van der Waals surface area contributed by atoms with Crippen LogP contribution < -0.4 is 10.9 Å². The standard InChI is InChI=1S/C18H28N4O4/c1-18(2,3)17(25)21-9-7-13(8-10-21)19-16(24)14-5-6-15(23)22(20-14)11-12-26-4/h5-6,13H,7-12H2,1-4H3,(H,19,24). The zero-order valence-corrected chi connectivity index (χ0v) is 15.9. The summed E-state index contributed by atoms with van der Waals surface area (Å²) < 4.78 is 6.17. The molecule has 1 N–H and O–H groups in total. The number of piperidine rings is 1. The number of rotatable bonds is 5. The van der Waals surface area contributed by atoms with Crippen LogP contribution >= 0.6 is 0 Å². The van der Waals surface area contributed by atoms with Crippen LogP contribution in [-0.4, -0.2) is 59.3 Å². The SMILES string of the molecule is COCCn1nc(C(=O)NC2CCN(C(=O)C(C)(C)C)CC2)ccc1=O. The summed E-state index contributed by atoms with van der Waals surface area (Å²) in [6.45, 7) is 7.62. The van der Waals surface area contributed by atoms with Crippen molar-refractivity contribution in [3.63, 3.8) is 0 Å². The Bertz CT molecular complexity index is 700. The van der Waals surface area contributed by atoms with Gasteiger partial charge in [-0.15, -0.1) is 0 Å². The Morgan fingerprint density at radius 3 is 2.50 bits per heavy atom. The highest BCUT2D eigenvalue weighted by Crippen LogP contribution is 2.21. The second-order valence-electron chi connectivity index (χ2n) is 7.56. The van der Waals surface area contributed by atoms with Gasteiger partial charge in [-0.25, -0.2) is 4.68 Å². The molecule has 0 unspecified atom stereocenters. The third-order valence-electron chi connectivity index (χ3n) is 4.37. The number of ether oxygens (including phenoxy) is 1. The molecular formula is C18H28N4O4. The molecule has 0 radical (unpaired) electrons. The lowest BCUT2D eigenvalue weighted by molar-refractivity contribution is -0.140. The topological polar surface area (TPSA) is 93.5 Å². The molecule has 1 saturated heterocycles. The summed E-state index contributed by atoms with van der Waals surface area (Å²) >= 11 is 0. The van der Waals surface area contributed by atoms with E-state index in [1.165, 1.54) is 16.8 Å². The Kier molecular flexibility index (Phi) is 6.52. The third kappa shape index (κ3) is 5.14. The van der Waals surface area contributed by atoms with Crippen molar-refractivity contribution >= 4 is 11.8 Å². The molecule has 0 aromatic carbocycles. The molecule has 1 aromatic heterocycles. The van der Waals surface area contributed by atoms with Crippen molar-refractivity contribution in [2.45, 2.75) is 46.2 Å². The zero-order valence-electron chi connectivity index (χ0n) is 15.9. The first kappa shape index (κ1) is 20.1. The van der Waals surface area contributed by atoms with E-state index in [9.17, 15) is 14.4 Å². The average Bonchev–Trinajstić information content (AvgIpc) is 2.60. The highest BCUT2D eigenvalue weighted by molar-refractivity contribution is 5.92. The van der Waals surface area contributed by atoms with E-state index in [0.29, 0.717) is 39.1 Å². The van der Waals surface area contributed by atoms with E-state index in [1.807, 2.05) is 25.7 Å². The largest absolute Gasteiger partial charge is 0.383 e. The number of nitrogens with one attached hydrogen (secondary N) is 1. The molecular weight excluding hydrogens is 336 g/mol. The van der Waals surface area contributed by atoms with Crippen molar-refractivity contribution in [1.82, 2.24) is 20.0 Å². The highest BCUT2D eigenvalue weighted by Gasteiger charge is 2.30. The molecule has 1 aliphatic heterocycles. The minimum atomic E-state index is -0.393. The monoisotopic (exact) mass is 364 g/mol. The van der Waals surface area contributed by atoms with Gasteiger partial charge in [-0.1, -0.05) is 20.8 Å². The van der Waals surface area contributed by atoms with Gasteiger partial charge in [-0.3, -0.25) is 14.4 Å². The molecule has 1 aromatic rings. The molecule has 1 aliphatic rings. The second-order valence-corrected chi connectivity index (χ2v) is 7.56. The van der Waals surface area contributed by atoms with Gasteiger partial charge in [0.05, 0.1) is 13.2 Å². The lowest BCUT2D eigenvalue weighted by Crippen LogP contribution is -2.49. The number of amides is 2. The van der Waals surface area contributed by atoms with Gasteiger partial charge in [-0.2, -0.15) is 5.10 Å².